The first-order valence-electron chi connectivity index (χ1n) is 7.44. The minimum Gasteiger partial charge on any atom is -0.352 e. The Labute approximate surface area is 116 Å². The SMILES string of the molecule is CCOC(CN1CCS[C@H]2CCCC[C@H]21)OCC. The lowest BCUT2D eigenvalue weighted by Crippen LogP contribution is -2.52. The molecule has 0 radical (unpaired) electrons. The highest BCUT2D eigenvalue weighted by molar-refractivity contribution is 8.00. The molecule has 0 unspecified atom stereocenters. The molecule has 2 fully saturated rings. The molecule has 2 rings (SSSR count). The summed E-state index contributed by atoms with van der Waals surface area (Å²) in [4.78, 5) is 2.62. The predicted octanol–water partition coefficient (Wildman–Crippen LogP) is 2.75. The zero-order valence-corrected chi connectivity index (χ0v) is 12.6. The zero-order valence-electron chi connectivity index (χ0n) is 11.8. The lowest BCUT2D eigenvalue weighted by molar-refractivity contribution is -0.151. The van der Waals surface area contributed by atoms with Gasteiger partial charge >= 0.3 is 0 Å². The molecule has 18 heavy (non-hydrogen) atoms. The van der Waals surface area contributed by atoms with Gasteiger partial charge in [0.2, 0.25) is 0 Å². The van der Waals surface area contributed by atoms with E-state index < -0.39 is 0 Å². The lowest BCUT2D eigenvalue weighted by Gasteiger charge is -2.44. The molecule has 0 spiro atoms. The van der Waals surface area contributed by atoms with Gasteiger partial charge in [-0.2, -0.15) is 11.8 Å². The maximum absolute atomic E-state index is 5.69. The molecule has 1 saturated heterocycles. The van der Waals surface area contributed by atoms with Gasteiger partial charge in [0.25, 0.3) is 0 Å². The van der Waals surface area contributed by atoms with Crippen LogP contribution in [0.4, 0.5) is 0 Å². The van der Waals surface area contributed by atoms with Gasteiger partial charge < -0.3 is 9.47 Å². The van der Waals surface area contributed by atoms with Crippen molar-refractivity contribution in [1.29, 1.82) is 0 Å². The molecule has 2 atom stereocenters. The first kappa shape index (κ1) is 14.6. The second-order valence-electron chi connectivity index (χ2n) is 5.10. The molecule has 106 valence electrons. The van der Waals surface area contributed by atoms with Crippen molar-refractivity contribution in [2.75, 3.05) is 32.1 Å². The van der Waals surface area contributed by atoms with Crippen LogP contribution < -0.4 is 0 Å². The monoisotopic (exact) mass is 273 g/mol. The normalized spacial score (nSPS) is 29.5. The van der Waals surface area contributed by atoms with Gasteiger partial charge in [-0.3, -0.25) is 4.90 Å². The van der Waals surface area contributed by atoms with E-state index in [1.807, 2.05) is 13.8 Å². The number of thioether (sulfide) groups is 1. The Bertz CT molecular complexity index is 232. The number of ether oxygens (including phenoxy) is 2. The van der Waals surface area contributed by atoms with Gasteiger partial charge in [-0.05, 0) is 26.7 Å². The summed E-state index contributed by atoms with van der Waals surface area (Å²) >= 11 is 2.18. The van der Waals surface area contributed by atoms with Gasteiger partial charge in [0.15, 0.2) is 6.29 Å². The summed E-state index contributed by atoms with van der Waals surface area (Å²) in [5.41, 5.74) is 0. The van der Waals surface area contributed by atoms with Crippen molar-refractivity contribution >= 4 is 11.8 Å². The van der Waals surface area contributed by atoms with E-state index in [0.29, 0.717) is 0 Å². The van der Waals surface area contributed by atoms with E-state index in [1.54, 1.807) is 0 Å². The first-order valence-corrected chi connectivity index (χ1v) is 8.48. The van der Waals surface area contributed by atoms with Gasteiger partial charge in [0.05, 0.1) is 0 Å². The van der Waals surface area contributed by atoms with E-state index >= 15 is 0 Å². The number of hydrogen-bond donors (Lipinski definition) is 0. The molecule has 0 amide bonds. The molecular formula is C14H27NO2S. The molecule has 1 aliphatic carbocycles. The van der Waals surface area contributed by atoms with Crippen LogP contribution in [0.5, 0.6) is 0 Å². The van der Waals surface area contributed by atoms with Crippen LogP contribution in [0, 0.1) is 0 Å². The quantitative estimate of drug-likeness (QED) is 0.694. The fourth-order valence-electron chi connectivity index (χ4n) is 3.12. The summed E-state index contributed by atoms with van der Waals surface area (Å²) in [6, 6.07) is 0.765. The molecule has 2 aliphatic rings. The number of rotatable bonds is 6. The van der Waals surface area contributed by atoms with Gasteiger partial charge in [-0.1, -0.05) is 12.8 Å². The number of fused-ring (bicyclic) bond motifs is 1. The van der Waals surface area contributed by atoms with Gasteiger partial charge in [0, 0.05) is 43.3 Å². The van der Waals surface area contributed by atoms with Crippen molar-refractivity contribution in [3.63, 3.8) is 0 Å². The molecule has 3 nitrogen and oxygen atoms in total. The van der Waals surface area contributed by atoms with Crippen LogP contribution >= 0.6 is 11.8 Å². The van der Waals surface area contributed by atoms with Crippen LogP contribution in [0.15, 0.2) is 0 Å². The molecule has 1 heterocycles. The van der Waals surface area contributed by atoms with E-state index in [9.17, 15) is 0 Å². The fraction of sp³-hybridized carbons (Fsp3) is 1.00. The second kappa shape index (κ2) is 7.73. The third-order valence-electron chi connectivity index (χ3n) is 3.94. The summed E-state index contributed by atoms with van der Waals surface area (Å²) in [6.07, 6.45) is 5.54. The third-order valence-corrected chi connectivity index (χ3v) is 5.33. The van der Waals surface area contributed by atoms with E-state index in [-0.39, 0.29) is 6.29 Å². The Hall–Kier alpha value is 0.230. The maximum atomic E-state index is 5.69. The summed E-state index contributed by atoms with van der Waals surface area (Å²) in [6.45, 7) is 7.71. The number of hydrogen-bond acceptors (Lipinski definition) is 4. The second-order valence-corrected chi connectivity index (χ2v) is 6.44. The number of nitrogens with zero attached hydrogens (tertiary/aromatic N) is 1. The van der Waals surface area contributed by atoms with Crippen LogP contribution in [0.2, 0.25) is 0 Å². The van der Waals surface area contributed by atoms with E-state index in [4.69, 9.17) is 9.47 Å². The lowest BCUT2D eigenvalue weighted by atomic mass is 9.93. The van der Waals surface area contributed by atoms with E-state index in [1.165, 1.54) is 38.0 Å². The molecule has 1 saturated carbocycles. The highest BCUT2D eigenvalue weighted by Gasteiger charge is 2.34. The largest absolute Gasteiger partial charge is 0.352 e. The van der Waals surface area contributed by atoms with Crippen molar-refractivity contribution in [1.82, 2.24) is 4.90 Å². The van der Waals surface area contributed by atoms with Crippen LogP contribution in [-0.4, -0.2) is 54.5 Å². The molecule has 0 bridgehead atoms. The topological polar surface area (TPSA) is 21.7 Å². The molecule has 1 aliphatic heterocycles. The predicted molar refractivity (Wildman–Crippen MR) is 77.1 cm³/mol. The van der Waals surface area contributed by atoms with Crippen molar-refractivity contribution in [2.24, 2.45) is 0 Å². The Kier molecular flexibility index (Phi) is 6.29. The minimum atomic E-state index is -0.0364. The van der Waals surface area contributed by atoms with Crippen molar-refractivity contribution in [2.45, 2.75) is 57.1 Å². The molecule has 0 aromatic heterocycles. The fourth-order valence-corrected chi connectivity index (χ4v) is 4.63. The summed E-state index contributed by atoms with van der Waals surface area (Å²) in [7, 11) is 0. The van der Waals surface area contributed by atoms with Crippen LogP contribution in [0.1, 0.15) is 39.5 Å². The van der Waals surface area contributed by atoms with E-state index in [0.717, 1.165) is 31.1 Å². The molecule has 4 heteroatoms. The summed E-state index contributed by atoms with van der Waals surface area (Å²) in [5.74, 6) is 1.27. The van der Waals surface area contributed by atoms with Gasteiger partial charge in [-0.25, -0.2) is 0 Å². The van der Waals surface area contributed by atoms with Gasteiger partial charge in [0.1, 0.15) is 0 Å². The maximum Gasteiger partial charge on any atom is 0.170 e. The average molecular weight is 273 g/mol. The van der Waals surface area contributed by atoms with E-state index in [2.05, 4.69) is 16.7 Å². The highest BCUT2D eigenvalue weighted by atomic mass is 32.2. The van der Waals surface area contributed by atoms with Crippen molar-refractivity contribution in [3.8, 4) is 0 Å². The Morgan fingerprint density at radius 2 is 1.89 bits per heavy atom. The van der Waals surface area contributed by atoms with Crippen molar-refractivity contribution < 1.29 is 9.47 Å². The standard InChI is InChI=1S/C14H27NO2S/c1-3-16-14(17-4-2)11-15-9-10-18-13-8-6-5-7-12(13)15/h12-14H,3-11H2,1-2H3/t12-,13+/m1/s1. The summed E-state index contributed by atoms with van der Waals surface area (Å²) < 4.78 is 11.4. The highest BCUT2D eigenvalue weighted by Crippen LogP contribution is 2.35. The van der Waals surface area contributed by atoms with Crippen LogP contribution in [0.25, 0.3) is 0 Å². The molecule has 0 aromatic carbocycles. The molecule has 0 aromatic rings. The Morgan fingerprint density at radius 1 is 1.17 bits per heavy atom. The van der Waals surface area contributed by atoms with Crippen molar-refractivity contribution in [3.05, 3.63) is 0 Å². The Balaban J connectivity index is 1.88. The Morgan fingerprint density at radius 3 is 2.61 bits per heavy atom. The molecule has 0 N–H and O–H groups in total. The minimum absolute atomic E-state index is 0.0364. The average Bonchev–Trinajstić information content (AvgIpc) is 2.40. The molecular weight excluding hydrogens is 246 g/mol. The van der Waals surface area contributed by atoms with Gasteiger partial charge in [-0.15, -0.1) is 0 Å². The zero-order chi connectivity index (χ0) is 12.8. The van der Waals surface area contributed by atoms with Crippen LogP contribution in [0.3, 0.4) is 0 Å². The smallest absolute Gasteiger partial charge is 0.170 e. The summed E-state index contributed by atoms with van der Waals surface area (Å²) in [5, 5.41) is 0.858. The van der Waals surface area contributed by atoms with Crippen LogP contribution in [-0.2, 0) is 9.47 Å². The third kappa shape index (κ3) is 3.86. The first-order chi connectivity index (χ1) is 8.85.